The third-order valence-corrected chi connectivity index (χ3v) is 5.60. The number of aliphatic imine (C=N–C) groups is 1. The van der Waals surface area contributed by atoms with Crippen LogP contribution in [0.1, 0.15) is 51.3 Å². The van der Waals surface area contributed by atoms with Crippen LogP contribution in [-0.4, -0.2) is 46.6 Å². The minimum absolute atomic E-state index is 0.909. The molecular formula is C19H33N5. The molecule has 1 saturated heterocycles. The fourth-order valence-electron chi connectivity index (χ4n) is 4.22. The predicted molar refractivity (Wildman–Crippen MR) is 99.2 cm³/mol. The Morgan fingerprint density at radius 1 is 1.25 bits per heavy atom. The summed E-state index contributed by atoms with van der Waals surface area (Å²) >= 11 is 0. The summed E-state index contributed by atoms with van der Waals surface area (Å²) in [4.78, 5) is 11.7. The lowest BCUT2D eigenvalue weighted by Gasteiger charge is -2.22. The van der Waals surface area contributed by atoms with E-state index in [1.54, 1.807) is 0 Å². The predicted octanol–water partition coefficient (Wildman–Crippen LogP) is 3.06. The number of hydrogen-bond acceptors (Lipinski definition) is 2. The van der Waals surface area contributed by atoms with Crippen molar-refractivity contribution >= 4 is 5.96 Å². The molecule has 3 rings (SSSR count). The van der Waals surface area contributed by atoms with E-state index in [1.807, 2.05) is 6.20 Å². The van der Waals surface area contributed by atoms with Crippen LogP contribution in [0.25, 0.3) is 0 Å². The molecule has 2 heterocycles. The second kappa shape index (κ2) is 8.54. The molecule has 1 saturated carbocycles. The molecule has 1 aromatic heterocycles. The number of fused-ring (bicyclic) bond motifs is 1. The normalized spacial score (nSPS) is 24.2. The van der Waals surface area contributed by atoms with E-state index in [-0.39, 0.29) is 0 Å². The van der Waals surface area contributed by atoms with E-state index in [9.17, 15) is 0 Å². The first-order chi connectivity index (χ1) is 11.8. The number of unbranched alkanes of at least 4 members (excludes halogenated alkanes) is 1. The third kappa shape index (κ3) is 4.31. The van der Waals surface area contributed by atoms with Gasteiger partial charge < -0.3 is 14.8 Å². The van der Waals surface area contributed by atoms with Gasteiger partial charge in [0.15, 0.2) is 5.96 Å². The van der Waals surface area contributed by atoms with Gasteiger partial charge in [-0.3, -0.25) is 4.99 Å². The van der Waals surface area contributed by atoms with Gasteiger partial charge in [-0.2, -0.15) is 0 Å². The zero-order valence-electron chi connectivity index (χ0n) is 15.4. The number of imidazole rings is 1. The standard InChI is InChI=1S/C19H33N5/c1-3-20-19(24-14-17-8-4-5-9-18(17)15-24)22-10-6-7-12-23-13-11-21-16(23)2/h11,13,17-18H,3-10,12,14-15H2,1-2H3,(H,20,22). The van der Waals surface area contributed by atoms with Crippen LogP contribution < -0.4 is 5.32 Å². The van der Waals surface area contributed by atoms with Crippen LogP contribution in [0.4, 0.5) is 0 Å². The zero-order chi connectivity index (χ0) is 16.8. The van der Waals surface area contributed by atoms with Crippen LogP contribution in [0, 0.1) is 18.8 Å². The van der Waals surface area contributed by atoms with Crippen molar-refractivity contribution in [1.82, 2.24) is 19.8 Å². The lowest BCUT2D eigenvalue weighted by Crippen LogP contribution is -2.40. The maximum atomic E-state index is 4.90. The first kappa shape index (κ1) is 17.3. The van der Waals surface area contributed by atoms with Crippen molar-refractivity contribution in [2.75, 3.05) is 26.2 Å². The van der Waals surface area contributed by atoms with Crippen LogP contribution in [0.15, 0.2) is 17.4 Å². The Morgan fingerprint density at radius 3 is 2.62 bits per heavy atom. The number of hydrogen-bond donors (Lipinski definition) is 1. The molecule has 2 fully saturated rings. The number of rotatable bonds is 6. The highest BCUT2D eigenvalue weighted by molar-refractivity contribution is 5.80. The van der Waals surface area contributed by atoms with E-state index >= 15 is 0 Å². The van der Waals surface area contributed by atoms with Gasteiger partial charge in [0.1, 0.15) is 5.82 Å². The Labute approximate surface area is 146 Å². The van der Waals surface area contributed by atoms with Gasteiger partial charge in [-0.1, -0.05) is 12.8 Å². The molecule has 0 bridgehead atoms. The van der Waals surface area contributed by atoms with Crippen LogP contribution >= 0.6 is 0 Å². The highest BCUT2D eigenvalue weighted by atomic mass is 15.3. The summed E-state index contributed by atoms with van der Waals surface area (Å²) in [6.07, 6.45) is 11.9. The van der Waals surface area contributed by atoms with Crippen LogP contribution in [0.2, 0.25) is 0 Å². The van der Waals surface area contributed by atoms with Gasteiger partial charge in [0, 0.05) is 45.1 Å². The number of nitrogens with one attached hydrogen (secondary N) is 1. The van der Waals surface area contributed by atoms with Crippen molar-refractivity contribution in [2.24, 2.45) is 16.8 Å². The first-order valence-electron chi connectivity index (χ1n) is 9.79. The molecule has 0 spiro atoms. The summed E-state index contributed by atoms with van der Waals surface area (Å²) in [6, 6.07) is 0. The number of nitrogens with zero attached hydrogens (tertiary/aromatic N) is 4. The molecule has 1 N–H and O–H groups in total. The Kier molecular flexibility index (Phi) is 6.16. The van der Waals surface area contributed by atoms with Crippen molar-refractivity contribution in [2.45, 2.75) is 58.9 Å². The summed E-state index contributed by atoms with van der Waals surface area (Å²) in [5, 5.41) is 3.51. The van der Waals surface area contributed by atoms with E-state index in [1.165, 1.54) is 38.8 Å². The van der Waals surface area contributed by atoms with Crippen molar-refractivity contribution in [3.8, 4) is 0 Å². The number of aromatic nitrogens is 2. The molecule has 1 aliphatic carbocycles. The SMILES string of the molecule is CCNC(=NCCCCn1ccnc1C)N1CC2CCCCC2C1. The Bertz CT molecular complexity index is 522. The summed E-state index contributed by atoms with van der Waals surface area (Å²) in [5.74, 6) is 4.07. The van der Waals surface area contributed by atoms with Crippen LogP contribution in [-0.2, 0) is 6.54 Å². The molecule has 5 heteroatoms. The highest BCUT2D eigenvalue weighted by Gasteiger charge is 2.35. The summed E-state index contributed by atoms with van der Waals surface area (Å²) in [6.45, 7) is 9.58. The van der Waals surface area contributed by atoms with Gasteiger partial charge in [0.25, 0.3) is 0 Å². The lowest BCUT2D eigenvalue weighted by molar-refractivity contribution is 0.299. The summed E-state index contributed by atoms with van der Waals surface area (Å²) in [5.41, 5.74) is 0. The molecule has 24 heavy (non-hydrogen) atoms. The minimum atomic E-state index is 0.909. The van der Waals surface area contributed by atoms with Gasteiger partial charge in [-0.15, -0.1) is 0 Å². The van der Waals surface area contributed by atoms with Gasteiger partial charge in [-0.25, -0.2) is 4.98 Å². The largest absolute Gasteiger partial charge is 0.357 e. The molecule has 134 valence electrons. The summed E-state index contributed by atoms with van der Waals surface area (Å²) < 4.78 is 2.22. The van der Waals surface area contributed by atoms with Gasteiger partial charge in [-0.05, 0) is 51.4 Å². The average Bonchev–Trinajstić information content (AvgIpc) is 3.19. The molecular weight excluding hydrogens is 298 g/mol. The van der Waals surface area contributed by atoms with Crippen molar-refractivity contribution in [3.63, 3.8) is 0 Å². The van der Waals surface area contributed by atoms with Gasteiger partial charge in [0.2, 0.25) is 0 Å². The summed E-state index contributed by atoms with van der Waals surface area (Å²) in [7, 11) is 0. The second-order valence-corrected chi connectivity index (χ2v) is 7.32. The fraction of sp³-hybridized carbons (Fsp3) is 0.789. The van der Waals surface area contributed by atoms with Crippen molar-refractivity contribution in [1.29, 1.82) is 0 Å². The minimum Gasteiger partial charge on any atom is -0.357 e. The molecule has 0 radical (unpaired) electrons. The zero-order valence-corrected chi connectivity index (χ0v) is 15.4. The molecule has 0 amide bonds. The smallest absolute Gasteiger partial charge is 0.193 e. The number of likely N-dealkylation sites (tertiary alicyclic amines) is 1. The quantitative estimate of drug-likeness (QED) is 0.495. The Balaban J connectivity index is 1.46. The molecule has 1 aromatic rings. The fourth-order valence-corrected chi connectivity index (χ4v) is 4.22. The average molecular weight is 332 g/mol. The van der Waals surface area contributed by atoms with Gasteiger partial charge >= 0.3 is 0 Å². The van der Waals surface area contributed by atoms with Crippen LogP contribution in [0.5, 0.6) is 0 Å². The topological polar surface area (TPSA) is 45.5 Å². The van der Waals surface area contributed by atoms with E-state index in [2.05, 4.69) is 39.8 Å². The van der Waals surface area contributed by atoms with E-state index < -0.39 is 0 Å². The van der Waals surface area contributed by atoms with Crippen molar-refractivity contribution < 1.29 is 0 Å². The van der Waals surface area contributed by atoms with Gasteiger partial charge in [0.05, 0.1) is 0 Å². The third-order valence-electron chi connectivity index (χ3n) is 5.60. The number of guanidine groups is 1. The molecule has 0 aromatic carbocycles. The van der Waals surface area contributed by atoms with E-state index in [0.717, 1.165) is 56.1 Å². The highest BCUT2D eigenvalue weighted by Crippen LogP contribution is 2.35. The van der Waals surface area contributed by atoms with Crippen LogP contribution in [0.3, 0.4) is 0 Å². The van der Waals surface area contributed by atoms with E-state index in [0.29, 0.717) is 0 Å². The Morgan fingerprint density at radius 2 is 2.00 bits per heavy atom. The maximum absolute atomic E-state index is 4.90. The second-order valence-electron chi connectivity index (χ2n) is 7.32. The molecule has 2 aliphatic rings. The van der Waals surface area contributed by atoms with E-state index in [4.69, 9.17) is 4.99 Å². The number of aryl methyl sites for hydroxylation is 2. The molecule has 1 aliphatic heterocycles. The monoisotopic (exact) mass is 331 g/mol. The lowest BCUT2D eigenvalue weighted by atomic mass is 9.82. The van der Waals surface area contributed by atoms with Crippen molar-refractivity contribution in [3.05, 3.63) is 18.2 Å². The molecule has 2 atom stereocenters. The maximum Gasteiger partial charge on any atom is 0.193 e. The first-order valence-corrected chi connectivity index (χ1v) is 9.79. The molecule has 2 unspecified atom stereocenters. The molecule has 5 nitrogen and oxygen atoms in total. The Hall–Kier alpha value is -1.52.